The molecule has 0 radical (unpaired) electrons. The Balaban J connectivity index is 2.00. The molecule has 2 heterocycles. The summed E-state index contributed by atoms with van der Waals surface area (Å²) in [6.45, 7) is 0.223. The van der Waals surface area contributed by atoms with E-state index in [2.05, 4.69) is 17.3 Å². The molecule has 0 spiro atoms. The molecule has 2 aliphatic heterocycles. The van der Waals surface area contributed by atoms with Crippen LogP contribution in [0.1, 0.15) is 25.7 Å². The summed E-state index contributed by atoms with van der Waals surface area (Å²) in [5, 5.41) is 3.00. The van der Waals surface area contributed by atoms with Crippen LogP contribution in [0.15, 0.2) is 0 Å². The molecule has 0 aromatic heterocycles. The highest BCUT2D eigenvalue weighted by molar-refractivity contribution is 5.05. The van der Waals surface area contributed by atoms with Gasteiger partial charge >= 0.3 is 0 Å². The molecule has 0 amide bonds. The summed E-state index contributed by atoms with van der Waals surface area (Å²) >= 11 is 0. The van der Waals surface area contributed by atoms with Crippen LogP contribution < -0.4 is 11.1 Å². The maximum Gasteiger partial charge on any atom is 0.250 e. The summed E-state index contributed by atoms with van der Waals surface area (Å²) in [5.41, 5.74) is 5.54. The van der Waals surface area contributed by atoms with Crippen LogP contribution in [0.4, 0.5) is 8.78 Å². The first kappa shape index (κ1) is 12.2. The Morgan fingerprint density at radius 1 is 1.38 bits per heavy atom. The monoisotopic (exact) mass is 233 g/mol. The van der Waals surface area contributed by atoms with Crippen molar-refractivity contribution in [3.8, 4) is 0 Å². The lowest BCUT2D eigenvalue weighted by atomic mass is 9.83. The highest BCUT2D eigenvalue weighted by Crippen LogP contribution is 2.39. The van der Waals surface area contributed by atoms with Gasteiger partial charge in [-0.05, 0) is 32.7 Å². The van der Waals surface area contributed by atoms with E-state index in [1.165, 1.54) is 12.8 Å². The molecule has 16 heavy (non-hydrogen) atoms. The molecular formula is C11H21F2N3. The number of hydrogen-bond donors (Lipinski definition) is 2. The number of halogens is 2. The smallest absolute Gasteiger partial charge is 0.250 e. The summed E-state index contributed by atoms with van der Waals surface area (Å²) in [6, 6.07) is 1.04. The predicted octanol–water partition coefficient (Wildman–Crippen LogP) is 0.795. The maximum absolute atomic E-state index is 12.3. The Bertz CT molecular complexity index is 233. The zero-order valence-corrected chi connectivity index (χ0v) is 9.76. The zero-order chi connectivity index (χ0) is 11.8. The van der Waals surface area contributed by atoms with E-state index in [0.717, 1.165) is 12.8 Å². The van der Waals surface area contributed by atoms with Crippen molar-refractivity contribution < 1.29 is 8.78 Å². The van der Waals surface area contributed by atoms with Gasteiger partial charge < -0.3 is 16.0 Å². The minimum Gasteiger partial charge on any atom is -0.329 e. The molecule has 2 aliphatic rings. The van der Waals surface area contributed by atoms with E-state index < -0.39 is 6.43 Å². The highest BCUT2D eigenvalue weighted by atomic mass is 19.3. The van der Waals surface area contributed by atoms with Gasteiger partial charge in [0.25, 0.3) is 6.43 Å². The minimum atomic E-state index is -2.29. The topological polar surface area (TPSA) is 41.3 Å². The largest absolute Gasteiger partial charge is 0.329 e. The Morgan fingerprint density at radius 2 is 1.94 bits per heavy atom. The number of nitrogens with one attached hydrogen (secondary N) is 1. The minimum absolute atomic E-state index is 0.236. The van der Waals surface area contributed by atoms with E-state index in [1.54, 1.807) is 0 Å². The second-order valence-electron chi connectivity index (χ2n) is 5.22. The van der Waals surface area contributed by atoms with Gasteiger partial charge in [-0.2, -0.15) is 0 Å². The molecule has 0 aliphatic carbocycles. The summed E-state index contributed by atoms with van der Waals surface area (Å²) in [5.74, 6) is 0. The van der Waals surface area contributed by atoms with Gasteiger partial charge in [0.05, 0.1) is 6.54 Å². The SMILES string of the molecule is CN1C2CCC1CC(CN)(NCC(F)F)C2. The Kier molecular flexibility index (Phi) is 3.47. The first-order chi connectivity index (χ1) is 7.56. The van der Waals surface area contributed by atoms with Crippen LogP contribution in [-0.2, 0) is 0 Å². The lowest BCUT2D eigenvalue weighted by Gasteiger charge is -2.45. The van der Waals surface area contributed by atoms with Crippen LogP contribution in [0.2, 0.25) is 0 Å². The molecule has 3 N–H and O–H groups in total. The van der Waals surface area contributed by atoms with Crippen LogP contribution in [0.25, 0.3) is 0 Å². The van der Waals surface area contributed by atoms with Gasteiger partial charge in [-0.15, -0.1) is 0 Å². The second-order valence-corrected chi connectivity index (χ2v) is 5.22. The number of fused-ring (bicyclic) bond motifs is 2. The number of nitrogens with zero attached hydrogens (tertiary/aromatic N) is 1. The van der Waals surface area contributed by atoms with Gasteiger partial charge in [0.15, 0.2) is 0 Å². The van der Waals surface area contributed by atoms with Crippen LogP contribution >= 0.6 is 0 Å². The third kappa shape index (κ3) is 2.21. The van der Waals surface area contributed by atoms with Gasteiger partial charge in [-0.1, -0.05) is 0 Å². The van der Waals surface area contributed by atoms with Crippen molar-refractivity contribution in [3.63, 3.8) is 0 Å². The number of alkyl halides is 2. The summed E-state index contributed by atoms with van der Waals surface area (Å²) < 4.78 is 24.5. The van der Waals surface area contributed by atoms with Gasteiger partial charge in [0, 0.05) is 24.2 Å². The van der Waals surface area contributed by atoms with Gasteiger partial charge in [-0.25, -0.2) is 8.78 Å². The summed E-state index contributed by atoms with van der Waals surface area (Å²) in [6.07, 6.45) is 1.88. The molecule has 5 heteroatoms. The van der Waals surface area contributed by atoms with Gasteiger partial charge in [0.1, 0.15) is 0 Å². The number of nitrogens with two attached hydrogens (primary N) is 1. The van der Waals surface area contributed by atoms with Crippen molar-refractivity contribution in [2.24, 2.45) is 5.73 Å². The number of hydrogen-bond acceptors (Lipinski definition) is 3. The second kappa shape index (κ2) is 4.55. The van der Waals surface area contributed by atoms with E-state index in [-0.39, 0.29) is 12.1 Å². The molecule has 0 saturated carbocycles. The standard InChI is InChI=1S/C11H21F2N3/c1-16-8-2-3-9(16)5-11(4-8,7-14)15-6-10(12)13/h8-10,15H,2-7,14H2,1H3. The molecule has 2 rings (SSSR count). The van der Waals surface area contributed by atoms with Crippen LogP contribution in [-0.4, -0.2) is 49.1 Å². The maximum atomic E-state index is 12.3. The van der Waals surface area contributed by atoms with E-state index >= 15 is 0 Å². The van der Waals surface area contributed by atoms with Crippen LogP contribution in [0.5, 0.6) is 0 Å². The molecule has 2 fully saturated rings. The average Bonchev–Trinajstić information content (AvgIpc) is 2.52. The lowest BCUT2D eigenvalue weighted by molar-refractivity contribution is 0.0719. The number of rotatable bonds is 4. The van der Waals surface area contributed by atoms with E-state index in [1.807, 2.05) is 0 Å². The summed E-state index contributed by atoms with van der Waals surface area (Å²) in [4.78, 5) is 2.39. The van der Waals surface area contributed by atoms with Crippen LogP contribution in [0.3, 0.4) is 0 Å². The van der Waals surface area contributed by atoms with E-state index in [9.17, 15) is 8.78 Å². The van der Waals surface area contributed by atoms with Crippen molar-refractivity contribution >= 4 is 0 Å². The molecule has 94 valence electrons. The molecular weight excluding hydrogens is 212 g/mol. The highest BCUT2D eigenvalue weighted by Gasteiger charge is 2.46. The fourth-order valence-corrected chi connectivity index (χ4v) is 3.24. The fraction of sp³-hybridized carbons (Fsp3) is 1.00. The Labute approximate surface area is 95.4 Å². The van der Waals surface area contributed by atoms with Crippen molar-refractivity contribution in [2.45, 2.75) is 49.7 Å². The van der Waals surface area contributed by atoms with Gasteiger partial charge in [0.2, 0.25) is 0 Å². The van der Waals surface area contributed by atoms with E-state index in [4.69, 9.17) is 5.73 Å². The fourth-order valence-electron chi connectivity index (χ4n) is 3.24. The normalized spacial score (nSPS) is 39.6. The Morgan fingerprint density at radius 3 is 2.38 bits per heavy atom. The molecule has 0 aromatic carbocycles. The first-order valence-electron chi connectivity index (χ1n) is 6.01. The summed E-state index contributed by atoms with van der Waals surface area (Å²) in [7, 11) is 2.13. The Hall–Kier alpha value is -0.260. The quantitative estimate of drug-likeness (QED) is 0.754. The molecule has 2 saturated heterocycles. The van der Waals surface area contributed by atoms with Crippen molar-refractivity contribution in [1.82, 2.24) is 10.2 Å². The molecule has 2 bridgehead atoms. The first-order valence-corrected chi connectivity index (χ1v) is 6.01. The van der Waals surface area contributed by atoms with Crippen molar-refractivity contribution in [2.75, 3.05) is 20.1 Å². The van der Waals surface area contributed by atoms with Gasteiger partial charge in [-0.3, -0.25) is 0 Å². The third-order valence-corrected chi connectivity index (χ3v) is 4.26. The molecule has 3 nitrogen and oxygen atoms in total. The zero-order valence-electron chi connectivity index (χ0n) is 9.76. The van der Waals surface area contributed by atoms with E-state index in [0.29, 0.717) is 18.6 Å². The average molecular weight is 233 g/mol. The lowest BCUT2D eigenvalue weighted by Crippen LogP contribution is -2.61. The van der Waals surface area contributed by atoms with Crippen molar-refractivity contribution in [3.05, 3.63) is 0 Å². The predicted molar refractivity (Wildman–Crippen MR) is 59.6 cm³/mol. The molecule has 2 atom stereocenters. The number of piperidine rings is 1. The molecule has 0 aromatic rings. The van der Waals surface area contributed by atoms with Crippen molar-refractivity contribution in [1.29, 1.82) is 0 Å². The molecule has 2 unspecified atom stereocenters. The van der Waals surface area contributed by atoms with Crippen LogP contribution in [0, 0.1) is 0 Å². The third-order valence-electron chi connectivity index (χ3n) is 4.26.